The number of fused-ring (bicyclic) bond motifs is 1. The molecule has 2 fully saturated rings. The van der Waals surface area contributed by atoms with Crippen molar-refractivity contribution in [1.29, 1.82) is 0 Å². The Balaban J connectivity index is 1.64. The van der Waals surface area contributed by atoms with Crippen molar-refractivity contribution >= 4 is 0 Å². The fraction of sp³-hybridized carbons (Fsp3) is 0.706. The van der Waals surface area contributed by atoms with Gasteiger partial charge in [0, 0.05) is 25.7 Å². The zero-order valence-electron chi connectivity index (χ0n) is 13.1. The molecule has 0 amide bonds. The number of nitrogens with one attached hydrogen (secondary N) is 1. The number of aromatic nitrogens is 1. The van der Waals surface area contributed by atoms with Gasteiger partial charge in [-0.3, -0.25) is 9.88 Å². The van der Waals surface area contributed by atoms with Crippen molar-refractivity contribution in [1.82, 2.24) is 15.2 Å². The molecule has 4 heteroatoms. The van der Waals surface area contributed by atoms with Crippen molar-refractivity contribution in [3.63, 3.8) is 0 Å². The summed E-state index contributed by atoms with van der Waals surface area (Å²) in [4.78, 5) is 7.39. The third-order valence-electron chi connectivity index (χ3n) is 4.63. The second kappa shape index (κ2) is 7.34. The minimum absolute atomic E-state index is 0.456. The van der Waals surface area contributed by atoms with Gasteiger partial charge in [-0.25, -0.2) is 0 Å². The lowest BCUT2D eigenvalue weighted by Gasteiger charge is -2.43. The highest BCUT2D eigenvalue weighted by Gasteiger charge is 2.34. The maximum atomic E-state index is 5.95. The standard InChI is InChI=1S/C17H27N3O/c1-2-18-12-14-6-5-7-15(19-14)13-20-10-11-21-17-9-4-3-8-16(17)20/h5-7,16-18H,2-4,8-13H2,1H3. The average Bonchev–Trinajstić information content (AvgIpc) is 2.54. The van der Waals surface area contributed by atoms with E-state index in [2.05, 4.69) is 35.3 Å². The van der Waals surface area contributed by atoms with Gasteiger partial charge < -0.3 is 10.1 Å². The summed E-state index contributed by atoms with van der Waals surface area (Å²) in [6, 6.07) is 7.00. The number of ether oxygens (including phenoxy) is 1. The molecule has 21 heavy (non-hydrogen) atoms. The predicted octanol–water partition coefficient (Wildman–Crippen LogP) is 2.33. The number of hydrogen-bond donors (Lipinski definition) is 1. The highest BCUT2D eigenvalue weighted by molar-refractivity contribution is 5.11. The van der Waals surface area contributed by atoms with Crippen molar-refractivity contribution in [3.05, 3.63) is 29.6 Å². The van der Waals surface area contributed by atoms with Crippen LogP contribution in [0.15, 0.2) is 18.2 Å². The van der Waals surface area contributed by atoms with E-state index in [-0.39, 0.29) is 0 Å². The molecule has 0 aromatic carbocycles. The van der Waals surface area contributed by atoms with E-state index in [1.165, 1.54) is 31.4 Å². The number of rotatable bonds is 5. The topological polar surface area (TPSA) is 37.4 Å². The number of pyridine rings is 1. The maximum Gasteiger partial charge on any atom is 0.0731 e. The summed E-state index contributed by atoms with van der Waals surface area (Å²) < 4.78 is 5.95. The van der Waals surface area contributed by atoms with Crippen LogP contribution in [0, 0.1) is 0 Å². The van der Waals surface area contributed by atoms with Crippen LogP contribution in [-0.2, 0) is 17.8 Å². The lowest BCUT2D eigenvalue weighted by atomic mass is 9.90. The number of hydrogen-bond acceptors (Lipinski definition) is 4. The first-order valence-electron chi connectivity index (χ1n) is 8.38. The Morgan fingerprint density at radius 1 is 1.29 bits per heavy atom. The molecule has 1 aromatic rings. The van der Waals surface area contributed by atoms with E-state index >= 15 is 0 Å². The minimum Gasteiger partial charge on any atom is -0.375 e. The van der Waals surface area contributed by atoms with Gasteiger partial charge in [0.2, 0.25) is 0 Å². The van der Waals surface area contributed by atoms with Gasteiger partial charge in [0.1, 0.15) is 0 Å². The zero-order valence-corrected chi connectivity index (χ0v) is 13.1. The molecule has 2 heterocycles. The van der Waals surface area contributed by atoms with Gasteiger partial charge in [-0.2, -0.15) is 0 Å². The second-order valence-electron chi connectivity index (χ2n) is 6.13. The van der Waals surface area contributed by atoms with Crippen LogP contribution in [0.5, 0.6) is 0 Å². The van der Waals surface area contributed by atoms with Gasteiger partial charge in [0.05, 0.1) is 24.1 Å². The normalized spacial score (nSPS) is 26.5. The van der Waals surface area contributed by atoms with Crippen LogP contribution in [0.1, 0.15) is 44.0 Å². The van der Waals surface area contributed by atoms with E-state index < -0.39 is 0 Å². The molecule has 2 unspecified atom stereocenters. The molecule has 1 saturated carbocycles. The molecule has 1 saturated heterocycles. The van der Waals surface area contributed by atoms with Gasteiger partial charge in [0.15, 0.2) is 0 Å². The molecule has 2 aliphatic rings. The Labute approximate surface area is 127 Å². The Kier molecular flexibility index (Phi) is 5.22. The third-order valence-corrected chi connectivity index (χ3v) is 4.63. The van der Waals surface area contributed by atoms with Crippen LogP contribution < -0.4 is 5.32 Å². The first-order chi connectivity index (χ1) is 10.4. The first-order valence-corrected chi connectivity index (χ1v) is 8.38. The molecule has 2 atom stereocenters. The van der Waals surface area contributed by atoms with E-state index in [4.69, 9.17) is 9.72 Å². The molecule has 4 nitrogen and oxygen atoms in total. The molecule has 3 rings (SSSR count). The summed E-state index contributed by atoms with van der Waals surface area (Å²) in [5, 5.41) is 3.34. The Bertz CT molecular complexity index is 449. The fourth-order valence-electron chi connectivity index (χ4n) is 3.55. The highest BCUT2D eigenvalue weighted by atomic mass is 16.5. The highest BCUT2D eigenvalue weighted by Crippen LogP contribution is 2.29. The van der Waals surface area contributed by atoms with Gasteiger partial charge in [0.25, 0.3) is 0 Å². The zero-order chi connectivity index (χ0) is 14.5. The lowest BCUT2D eigenvalue weighted by Crippen LogP contribution is -2.52. The molecule has 1 aliphatic carbocycles. The number of nitrogens with zero attached hydrogens (tertiary/aromatic N) is 2. The monoisotopic (exact) mass is 289 g/mol. The van der Waals surface area contributed by atoms with Crippen LogP contribution in [0.3, 0.4) is 0 Å². The lowest BCUT2D eigenvalue weighted by molar-refractivity contribution is -0.0914. The van der Waals surface area contributed by atoms with Crippen LogP contribution in [0.25, 0.3) is 0 Å². The molecular weight excluding hydrogens is 262 g/mol. The summed E-state index contributed by atoms with van der Waals surface area (Å²) in [7, 11) is 0. The van der Waals surface area contributed by atoms with E-state index in [1.54, 1.807) is 0 Å². The van der Waals surface area contributed by atoms with Gasteiger partial charge in [-0.05, 0) is 31.5 Å². The van der Waals surface area contributed by atoms with Crippen molar-refractivity contribution < 1.29 is 4.74 Å². The largest absolute Gasteiger partial charge is 0.375 e. The predicted molar refractivity (Wildman–Crippen MR) is 84.0 cm³/mol. The molecule has 0 spiro atoms. The van der Waals surface area contributed by atoms with Crippen molar-refractivity contribution in [2.75, 3.05) is 19.7 Å². The van der Waals surface area contributed by atoms with E-state index in [9.17, 15) is 0 Å². The third kappa shape index (κ3) is 3.82. The van der Waals surface area contributed by atoms with E-state index in [0.29, 0.717) is 12.1 Å². The summed E-state index contributed by atoms with van der Waals surface area (Å²) in [5.41, 5.74) is 2.33. The Hall–Kier alpha value is -0.970. The summed E-state index contributed by atoms with van der Waals surface area (Å²) >= 11 is 0. The molecule has 1 aromatic heterocycles. The molecule has 116 valence electrons. The maximum absolute atomic E-state index is 5.95. The Morgan fingerprint density at radius 3 is 3.05 bits per heavy atom. The first kappa shape index (κ1) is 14.9. The van der Waals surface area contributed by atoms with Gasteiger partial charge in [-0.15, -0.1) is 0 Å². The van der Waals surface area contributed by atoms with Crippen LogP contribution in [-0.4, -0.2) is 41.7 Å². The van der Waals surface area contributed by atoms with E-state index in [1.807, 2.05) is 0 Å². The van der Waals surface area contributed by atoms with Gasteiger partial charge >= 0.3 is 0 Å². The fourth-order valence-corrected chi connectivity index (χ4v) is 3.55. The molecule has 0 radical (unpaired) electrons. The quantitative estimate of drug-likeness (QED) is 0.903. The van der Waals surface area contributed by atoms with Crippen LogP contribution >= 0.6 is 0 Å². The van der Waals surface area contributed by atoms with Crippen LogP contribution in [0.2, 0.25) is 0 Å². The molecule has 0 bridgehead atoms. The SMILES string of the molecule is CCNCc1cccc(CN2CCOC3CCCCC32)n1. The minimum atomic E-state index is 0.456. The second-order valence-corrected chi connectivity index (χ2v) is 6.13. The number of morpholine rings is 1. The molecular formula is C17H27N3O. The molecule has 1 N–H and O–H groups in total. The summed E-state index contributed by atoms with van der Waals surface area (Å²) in [5.74, 6) is 0. The van der Waals surface area contributed by atoms with Crippen molar-refractivity contribution in [3.8, 4) is 0 Å². The van der Waals surface area contributed by atoms with E-state index in [0.717, 1.165) is 38.5 Å². The van der Waals surface area contributed by atoms with Gasteiger partial charge in [-0.1, -0.05) is 25.8 Å². The molecule has 1 aliphatic heterocycles. The van der Waals surface area contributed by atoms with Crippen molar-refractivity contribution in [2.24, 2.45) is 0 Å². The summed E-state index contributed by atoms with van der Waals surface area (Å²) in [6.07, 6.45) is 5.63. The van der Waals surface area contributed by atoms with Crippen molar-refractivity contribution in [2.45, 2.75) is 57.8 Å². The van der Waals surface area contributed by atoms with Crippen LogP contribution in [0.4, 0.5) is 0 Å². The average molecular weight is 289 g/mol. The smallest absolute Gasteiger partial charge is 0.0731 e. The summed E-state index contributed by atoms with van der Waals surface area (Å²) in [6.45, 7) is 6.85. The Morgan fingerprint density at radius 2 is 2.14 bits per heavy atom.